The molecule has 0 unspecified atom stereocenters. The number of nitrogens with zero attached hydrogens (tertiary/aromatic N) is 4. The van der Waals surface area contributed by atoms with Crippen LogP contribution in [0.2, 0.25) is 0 Å². The highest BCUT2D eigenvalue weighted by molar-refractivity contribution is 6.10. The first-order valence-electron chi connectivity index (χ1n) is 9.18. The Morgan fingerprint density at radius 1 is 1.23 bits per heavy atom. The number of amides is 1. The van der Waals surface area contributed by atoms with Gasteiger partial charge in [-0.15, -0.1) is 0 Å². The minimum atomic E-state index is -0.0700. The van der Waals surface area contributed by atoms with Crippen LogP contribution in [0.4, 0.5) is 0 Å². The first kappa shape index (κ1) is 17.0. The molecule has 1 fully saturated rings. The minimum Gasteiger partial charge on any atom is -0.465 e. The molecule has 0 bridgehead atoms. The first-order chi connectivity index (χ1) is 12.5. The summed E-state index contributed by atoms with van der Waals surface area (Å²) in [6.45, 7) is 5.46. The van der Waals surface area contributed by atoms with Crippen molar-refractivity contribution in [3.8, 4) is 0 Å². The van der Waals surface area contributed by atoms with E-state index in [-0.39, 0.29) is 11.7 Å². The Hall–Kier alpha value is -2.41. The van der Waals surface area contributed by atoms with Gasteiger partial charge in [-0.3, -0.25) is 14.5 Å². The molecule has 2 aliphatic rings. The van der Waals surface area contributed by atoms with Crippen LogP contribution in [0, 0.1) is 6.92 Å². The molecule has 0 saturated carbocycles. The summed E-state index contributed by atoms with van der Waals surface area (Å²) < 4.78 is 7.75. The minimum absolute atomic E-state index is 0.0415. The van der Waals surface area contributed by atoms with E-state index < -0.39 is 0 Å². The largest absolute Gasteiger partial charge is 0.465 e. The monoisotopic (exact) mass is 356 g/mol. The first-order valence-corrected chi connectivity index (χ1v) is 9.18. The third-order valence-corrected chi connectivity index (χ3v) is 5.40. The molecule has 0 radical (unpaired) electrons. The summed E-state index contributed by atoms with van der Waals surface area (Å²) in [5.74, 6) is 2.26. The van der Waals surface area contributed by atoms with Crippen LogP contribution < -0.4 is 0 Å². The van der Waals surface area contributed by atoms with Crippen molar-refractivity contribution >= 4 is 11.7 Å². The molecule has 1 saturated heterocycles. The van der Waals surface area contributed by atoms with E-state index in [0.717, 1.165) is 38.3 Å². The second kappa shape index (κ2) is 6.72. The highest BCUT2D eigenvalue weighted by atomic mass is 16.3. The molecule has 26 heavy (non-hydrogen) atoms. The Labute approximate surface area is 152 Å². The van der Waals surface area contributed by atoms with E-state index in [1.165, 1.54) is 0 Å². The number of imidazole rings is 1. The van der Waals surface area contributed by atoms with Crippen molar-refractivity contribution in [2.75, 3.05) is 26.2 Å². The molecule has 1 aliphatic carbocycles. The summed E-state index contributed by atoms with van der Waals surface area (Å²) in [6, 6.07) is 0. The number of carbonyl (C=O) groups is 2. The summed E-state index contributed by atoms with van der Waals surface area (Å²) in [5.41, 5.74) is 1.02. The number of piperazine rings is 1. The van der Waals surface area contributed by atoms with Crippen LogP contribution >= 0.6 is 0 Å². The van der Waals surface area contributed by atoms with Gasteiger partial charge in [-0.2, -0.15) is 0 Å². The molecular formula is C19H24N4O3. The molecule has 0 aromatic carbocycles. The third-order valence-electron chi connectivity index (χ3n) is 5.40. The van der Waals surface area contributed by atoms with Crippen LogP contribution in [0.5, 0.6) is 0 Å². The van der Waals surface area contributed by atoms with Crippen LogP contribution in [-0.2, 0) is 20.0 Å². The van der Waals surface area contributed by atoms with Crippen molar-refractivity contribution in [1.29, 1.82) is 0 Å². The molecule has 1 aliphatic heterocycles. The summed E-state index contributed by atoms with van der Waals surface area (Å²) in [4.78, 5) is 33.9. The van der Waals surface area contributed by atoms with Crippen molar-refractivity contribution in [3.05, 3.63) is 40.9 Å². The summed E-state index contributed by atoms with van der Waals surface area (Å²) in [5, 5.41) is 0. The Kier molecular flexibility index (Phi) is 4.40. The predicted molar refractivity (Wildman–Crippen MR) is 95.1 cm³/mol. The number of ketones is 1. The van der Waals surface area contributed by atoms with E-state index in [9.17, 15) is 9.59 Å². The number of hydrogen-bond acceptors (Lipinski definition) is 5. The number of aryl methyl sites for hydroxylation is 3. The lowest BCUT2D eigenvalue weighted by molar-refractivity contribution is 0.0619. The van der Waals surface area contributed by atoms with Crippen molar-refractivity contribution in [1.82, 2.24) is 19.4 Å². The zero-order valence-corrected chi connectivity index (χ0v) is 15.3. The van der Waals surface area contributed by atoms with Crippen LogP contribution in [0.1, 0.15) is 50.9 Å². The van der Waals surface area contributed by atoms with Crippen LogP contribution in [0.25, 0.3) is 0 Å². The standard InChI is InChI=1S/C19H24N4O3/c1-13-17(18-14(24)4-3-5-15(18)26-13)19(25)23-10-8-22(9-11-23)12-16-20-6-7-21(16)2/h6-7H,3-5,8-12H2,1-2H3. The summed E-state index contributed by atoms with van der Waals surface area (Å²) >= 11 is 0. The fraction of sp³-hybridized carbons (Fsp3) is 0.526. The van der Waals surface area contributed by atoms with Gasteiger partial charge in [0, 0.05) is 58.5 Å². The Bertz CT molecular complexity index is 843. The van der Waals surface area contributed by atoms with E-state index in [1.54, 1.807) is 13.1 Å². The van der Waals surface area contributed by atoms with Crippen molar-refractivity contribution in [3.63, 3.8) is 0 Å². The highest BCUT2D eigenvalue weighted by Crippen LogP contribution is 2.30. The van der Waals surface area contributed by atoms with Gasteiger partial charge >= 0.3 is 0 Å². The van der Waals surface area contributed by atoms with E-state index in [2.05, 4.69) is 9.88 Å². The molecular weight excluding hydrogens is 332 g/mol. The van der Waals surface area contributed by atoms with E-state index >= 15 is 0 Å². The van der Waals surface area contributed by atoms with E-state index in [1.807, 2.05) is 22.7 Å². The molecule has 2 aromatic rings. The van der Waals surface area contributed by atoms with Crippen LogP contribution in [0.3, 0.4) is 0 Å². The van der Waals surface area contributed by atoms with E-state index in [4.69, 9.17) is 4.42 Å². The number of hydrogen-bond donors (Lipinski definition) is 0. The van der Waals surface area contributed by atoms with E-state index in [0.29, 0.717) is 42.2 Å². The maximum absolute atomic E-state index is 13.1. The number of furan rings is 1. The molecule has 0 spiro atoms. The Morgan fingerprint density at radius 3 is 2.69 bits per heavy atom. The third kappa shape index (κ3) is 2.96. The smallest absolute Gasteiger partial charge is 0.258 e. The van der Waals surface area contributed by atoms with Crippen molar-refractivity contribution < 1.29 is 14.0 Å². The molecule has 3 heterocycles. The summed E-state index contributed by atoms with van der Waals surface area (Å²) in [6.07, 6.45) is 5.79. The average Bonchev–Trinajstić information content (AvgIpc) is 3.18. The van der Waals surface area contributed by atoms with Gasteiger partial charge < -0.3 is 13.9 Å². The SMILES string of the molecule is Cc1oc2c(c1C(=O)N1CCN(Cc3nccn3C)CC1)C(=O)CCC2. The average molecular weight is 356 g/mol. The lowest BCUT2D eigenvalue weighted by Crippen LogP contribution is -2.48. The molecule has 138 valence electrons. The second-order valence-electron chi connectivity index (χ2n) is 7.13. The molecule has 2 aromatic heterocycles. The van der Waals surface area contributed by atoms with Gasteiger partial charge in [0.2, 0.25) is 0 Å². The Morgan fingerprint density at radius 2 is 2.00 bits per heavy atom. The van der Waals surface area contributed by atoms with Gasteiger partial charge in [0.25, 0.3) is 5.91 Å². The highest BCUT2D eigenvalue weighted by Gasteiger charge is 2.33. The van der Waals surface area contributed by atoms with Crippen LogP contribution in [-0.4, -0.2) is 57.2 Å². The quantitative estimate of drug-likeness (QED) is 0.839. The molecule has 0 N–H and O–H groups in total. The number of aromatic nitrogens is 2. The van der Waals surface area contributed by atoms with Gasteiger partial charge in [-0.1, -0.05) is 0 Å². The number of rotatable bonds is 3. The maximum Gasteiger partial charge on any atom is 0.258 e. The van der Waals surface area contributed by atoms with Gasteiger partial charge in [-0.05, 0) is 13.3 Å². The summed E-state index contributed by atoms with van der Waals surface area (Å²) in [7, 11) is 1.99. The van der Waals surface area contributed by atoms with Gasteiger partial charge in [0.1, 0.15) is 17.3 Å². The van der Waals surface area contributed by atoms with Crippen molar-refractivity contribution in [2.45, 2.75) is 32.7 Å². The van der Waals surface area contributed by atoms with Crippen molar-refractivity contribution in [2.24, 2.45) is 7.05 Å². The number of carbonyl (C=O) groups excluding carboxylic acids is 2. The molecule has 4 rings (SSSR count). The maximum atomic E-state index is 13.1. The molecule has 0 atom stereocenters. The molecule has 7 nitrogen and oxygen atoms in total. The topological polar surface area (TPSA) is 71.6 Å². The fourth-order valence-corrected chi connectivity index (χ4v) is 3.88. The molecule has 1 amide bonds. The molecule has 7 heteroatoms. The number of fused-ring (bicyclic) bond motifs is 1. The zero-order chi connectivity index (χ0) is 18.3. The lowest BCUT2D eigenvalue weighted by atomic mass is 9.93. The zero-order valence-electron chi connectivity index (χ0n) is 15.3. The number of Topliss-reactive ketones (excluding diaryl/α,β-unsaturated/α-hetero) is 1. The lowest BCUT2D eigenvalue weighted by Gasteiger charge is -2.34. The van der Waals surface area contributed by atoms with Crippen LogP contribution in [0.15, 0.2) is 16.8 Å². The second-order valence-corrected chi connectivity index (χ2v) is 7.13. The van der Waals surface area contributed by atoms with Gasteiger partial charge in [-0.25, -0.2) is 4.98 Å². The predicted octanol–water partition coefficient (Wildman–Crippen LogP) is 1.80. The normalized spacial score (nSPS) is 18.2. The van der Waals surface area contributed by atoms with Gasteiger partial charge in [0.05, 0.1) is 17.7 Å². The fourth-order valence-electron chi connectivity index (χ4n) is 3.88. The Balaban J connectivity index is 1.45. The van der Waals surface area contributed by atoms with Gasteiger partial charge in [0.15, 0.2) is 5.78 Å².